The average molecular weight is 343 g/mol. The van der Waals surface area contributed by atoms with E-state index in [1.165, 1.54) is 0 Å². The van der Waals surface area contributed by atoms with Crippen molar-refractivity contribution in [3.05, 3.63) is 66.2 Å². The summed E-state index contributed by atoms with van der Waals surface area (Å²) in [4.78, 5) is 31.9. The lowest BCUT2D eigenvalue weighted by Gasteiger charge is -2.22. The Morgan fingerprint density at radius 2 is 1.77 bits per heavy atom. The molecule has 2 aromatic heterocycles. The highest BCUT2D eigenvalue weighted by molar-refractivity contribution is 5.94. The van der Waals surface area contributed by atoms with Gasteiger partial charge in [-0.1, -0.05) is 24.3 Å². The fourth-order valence-corrected chi connectivity index (χ4v) is 3.63. The van der Waals surface area contributed by atoms with Gasteiger partial charge in [0.1, 0.15) is 11.5 Å². The number of imidazole rings is 1. The number of amides is 1. The molecule has 1 atom stereocenters. The van der Waals surface area contributed by atoms with Crippen molar-refractivity contribution >= 4 is 28.0 Å². The molecule has 0 radical (unpaired) electrons. The summed E-state index contributed by atoms with van der Waals surface area (Å²) in [7, 11) is 0. The molecule has 0 bridgehead atoms. The van der Waals surface area contributed by atoms with E-state index in [9.17, 15) is 4.79 Å². The van der Waals surface area contributed by atoms with E-state index in [0.29, 0.717) is 12.2 Å². The number of aromatic amines is 1. The van der Waals surface area contributed by atoms with Crippen LogP contribution >= 0.6 is 0 Å². The Hall–Kier alpha value is -3.28. The van der Waals surface area contributed by atoms with Gasteiger partial charge in [-0.2, -0.15) is 0 Å². The van der Waals surface area contributed by atoms with Crippen molar-refractivity contribution < 1.29 is 4.79 Å². The van der Waals surface area contributed by atoms with Gasteiger partial charge >= 0.3 is 0 Å². The SMILES string of the molecule is O=C(c1cnc2ccccc2n1)N1CCCC1c1nc2ccccc2[nH]1. The second-order valence-corrected chi connectivity index (χ2v) is 6.54. The molecule has 1 amide bonds. The molecule has 0 saturated carbocycles. The van der Waals surface area contributed by atoms with Crippen molar-refractivity contribution in [2.45, 2.75) is 18.9 Å². The van der Waals surface area contributed by atoms with Crippen LogP contribution in [0, 0.1) is 0 Å². The van der Waals surface area contributed by atoms with Crippen molar-refractivity contribution in [3.8, 4) is 0 Å². The fourth-order valence-electron chi connectivity index (χ4n) is 3.63. The molecule has 1 fully saturated rings. The molecule has 0 spiro atoms. The third-order valence-corrected chi connectivity index (χ3v) is 4.90. The van der Waals surface area contributed by atoms with Crippen molar-refractivity contribution in [1.29, 1.82) is 0 Å². The van der Waals surface area contributed by atoms with Crippen molar-refractivity contribution in [2.24, 2.45) is 0 Å². The zero-order valence-corrected chi connectivity index (χ0v) is 14.1. The van der Waals surface area contributed by atoms with Crippen LogP contribution in [0.1, 0.15) is 35.2 Å². The molecule has 26 heavy (non-hydrogen) atoms. The number of H-pyrrole nitrogens is 1. The van der Waals surface area contributed by atoms with E-state index in [4.69, 9.17) is 0 Å². The Labute approximate surface area is 149 Å². The summed E-state index contributed by atoms with van der Waals surface area (Å²) < 4.78 is 0. The average Bonchev–Trinajstić information content (AvgIpc) is 3.33. The van der Waals surface area contributed by atoms with Crippen LogP contribution in [0.4, 0.5) is 0 Å². The second-order valence-electron chi connectivity index (χ2n) is 6.54. The number of rotatable bonds is 2. The molecule has 128 valence electrons. The predicted octanol–water partition coefficient (Wildman–Crippen LogP) is 3.48. The molecular weight excluding hydrogens is 326 g/mol. The number of aromatic nitrogens is 4. The molecule has 2 aromatic carbocycles. The van der Waals surface area contributed by atoms with Crippen LogP contribution in [0.15, 0.2) is 54.7 Å². The highest BCUT2D eigenvalue weighted by atomic mass is 16.2. The van der Waals surface area contributed by atoms with Crippen LogP contribution in [-0.4, -0.2) is 37.3 Å². The van der Waals surface area contributed by atoms with E-state index in [1.807, 2.05) is 53.4 Å². The van der Waals surface area contributed by atoms with Crippen LogP contribution in [0.2, 0.25) is 0 Å². The van der Waals surface area contributed by atoms with Gasteiger partial charge in [-0.15, -0.1) is 0 Å². The number of para-hydroxylation sites is 4. The van der Waals surface area contributed by atoms with Crippen LogP contribution in [0.5, 0.6) is 0 Å². The zero-order valence-electron chi connectivity index (χ0n) is 14.1. The molecular formula is C20H17N5O. The quantitative estimate of drug-likeness (QED) is 0.605. The van der Waals surface area contributed by atoms with E-state index in [0.717, 1.165) is 40.7 Å². The monoisotopic (exact) mass is 343 g/mol. The van der Waals surface area contributed by atoms with E-state index >= 15 is 0 Å². The van der Waals surface area contributed by atoms with Gasteiger partial charge in [0.2, 0.25) is 0 Å². The number of fused-ring (bicyclic) bond motifs is 2. The first-order valence-corrected chi connectivity index (χ1v) is 8.77. The van der Waals surface area contributed by atoms with E-state index in [2.05, 4.69) is 19.9 Å². The smallest absolute Gasteiger partial charge is 0.274 e. The molecule has 1 saturated heterocycles. The largest absolute Gasteiger partial charge is 0.340 e. The van der Waals surface area contributed by atoms with E-state index in [1.54, 1.807) is 6.20 Å². The van der Waals surface area contributed by atoms with Crippen molar-refractivity contribution in [2.75, 3.05) is 6.54 Å². The molecule has 0 aliphatic carbocycles. The maximum atomic E-state index is 13.1. The molecule has 6 nitrogen and oxygen atoms in total. The second kappa shape index (κ2) is 5.91. The molecule has 4 aromatic rings. The molecule has 3 heterocycles. The number of benzene rings is 2. The number of hydrogen-bond donors (Lipinski definition) is 1. The van der Waals surface area contributed by atoms with Crippen LogP contribution in [0.3, 0.4) is 0 Å². The normalized spacial score (nSPS) is 17.2. The Kier molecular flexibility index (Phi) is 3.41. The van der Waals surface area contributed by atoms with Crippen LogP contribution < -0.4 is 0 Å². The Morgan fingerprint density at radius 3 is 2.62 bits per heavy atom. The molecule has 1 aliphatic heterocycles. The van der Waals surface area contributed by atoms with Crippen molar-refractivity contribution in [3.63, 3.8) is 0 Å². The van der Waals surface area contributed by atoms with Crippen molar-refractivity contribution in [1.82, 2.24) is 24.8 Å². The molecule has 1 aliphatic rings. The van der Waals surface area contributed by atoms with Gasteiger partial charge in [-0.25, -0.2) is 9.97 Å². The number of carbonyl (C=O) groups excluding carboxylic acids is 1. The maximum Gasteiger partial charge on any atom is 0.274 e. The summed E-state index contributed by atoms with van der Waals surface area (Å²) in [5.41, 5.74) is 3.82. The summed E-state index contributed by atoms with van der Waals surface area (Å²) in [5, 5.41) is 0. The minimum Gasteiger partial charge on any atom is -0.340 e. The zero-order chi connectivity index (χ0) is 17.5. The molecule has 1 N–H and O–H groups in total. The van der Waals surface area contributed by atoms with Gasteiger partial charge in [0, 0.05) is 6.54 Å². The fraction of sp³-hybridized carbons (Fsp3) is 0.200. The standard InChI is InChI=1S/C20H17N5O/c26-20(17-12-21-13-6-1-2-7-14(13)22-17)25-11-5-10-18(25)19-23-15-8-3-4-9-16(15)24-19/h1-4,6-9,12,18H,5,10-11H2,(H,23,24). The summed E-state index contributed by atoms with van der Waals surface area (Å²) in [5.74, 6) is 0.747. The molecule has 5 rings (SSSR count). The number of carbonyl (C=O) groups is 1. The third kappa shape index (κ3) is 2.42. The minimum atomic E-state index is -0.0915. The summed E-state index contributed by atoms with van der Waals surface area (Å²) >= 11 is 0. The lowest BCUT2D eigenvalue weighted by molar-refractivity contribution is 0.0724. The lowest BCUT2D eigenvalue weighted by Crippen LogP contribution is -2.31. The Bertz CT molecular complexity index is 1090. The van der Waals surface area contributed by atoms with Gasteiger partial charge in [0.05, 0.1) is 34.3 Å². The first-order chi connectivity index (χ1) is 12.8. The predicted molar refractivity (Wildman–Crippen MR) is 98.6 cm³/mol. The van der Waals surface area contributed by atoms with Gasteiger partial charge in [0.25, 0.3) is 5.91 Å². The molecule has 6 heteroatoms. The maximum absolute atomic E-state index is 13.1. The highest BCUT2D eigenvalue weighted by Gasteiger charge is 2.33. The summed E-state index contributed by atoms with van der Waals surface area (Å²) in [6, 6.07) is 15.5. The van der Waals surface area contributed by atoms with Gasteiger partial charge in [-0.3, -0.25) is 9.78 Å². The molecule has 1 unspecified atom stereocenters. The van der Waals surface area contributed by atoms with E-state index in [-0.39, 0.29) is 11.9 Å². The first kappa shape index (κ1) is 15.0. The summed E-state index contributed by atoms with van der Waals surface area (Å²) in [6.45, 7) is 0.703. The van der Waals surface area contributed by atoms with Gasteiger partial charge in [0.15, 0.2) is 0 Å². The Morgan fingerprint density at radius 1 is 1.00 bits per heavy atom. The van der Waals surface area contributed by atoms with Crippen LogP contribution in [0.25, 0.3) is 22.1 Å². The number of nitrogens with zero attached hydrogens (tertiary/aromatic N) is 4. The number of likely N-dealkylation sites (tertiary alicyclic amines) is 1. The summed E-state index contributed by atoms with van der Waals surface area (Å²) in [6.07, 6.45) is 3.42. The third-order valence-electron chi connectivity index (χ3n) is 4.90. The van der Waals surface area contributed by atoms with Crippen LogP contribution in [-0.2, 0) is 0 Å². The minimum absolute atomic E-state index is 0.0526. The number of hydrogen-bond acceptors (Lipinski definition) is 4. The Balaban J connectivity index is 1.49. The first-order valence-electron chi connectivity index (χ1n) is 8.77. The van der Waals surface area contributed by atoms with E-state index < -0.39 is 0 Å². The highest BCUT2D eigenvalue weighted by Crippen LogP contribution is 2.32. The number of nitrogens with one attached hydrogen (secondary N) is 1. The van der Waals surface area contributed by atoms with Gasteiger partial charge in [-0.05, 0) is 37.1 Å². The van der Waals surface area contributed by atoms with Gasteiger partial charge < -0.3 is 9.88 Å². The lowest BCUT2D eigenvalue weighted by atomic mass is 10.2. The topological polar surface area (TPSA) is 74.8 Å².